The second-order valence-electron chi connectivity index (χ2n) is 4.33. The highest BCUT2D eigenvalue weighted by molar-refractivity contribution is 7.89. The summed E-state index contributed by atoms with van der Waals surface area (Å²) in [5, 5.41) is 15.0. The predicted octanol–water partition coefficient (Wildman–Crippen LogP) is 0.0965. The smallest absolute Gasteiger partial charge is 0.252 e. The Bertz CT molecular complexity index is 715. The van der Waals surface area contributed by atoms with Crippen LogP contribution < -0.4 is 10.5 Å². The normalized spacial score (nSPS) is 11.1. The average Bonchev–Trinajstić information content (AvgIpc) is 2.47. The minimum Gasteiger partial charge on any atom is -0.352 e. The summed E-state index contributed by atoms with van der Waals surface area (Å²) < 4.78 is 22.2. The second kappa shape index (κ2) is 6.42. The van der Waals surface area contributed by atoms with Gasteiger partial charge in [-0.15, -0.1) is 0 Å². The number of carbonyl (C=O) groups excluding carboxylic acids is 1. The average molecular weight is 306 g/mol. The Morgan fingerprint density at radius 2 is 1.86 bits per heavy atom. The van der Waals surface area contributed by atoms with E-state index in [9.17, 15) is 13.2 Å². The van der Waals surface area contributed by atoms with Gasteiger partial charge in [-0.2, -0.15) is 10.2 Å². The predicted molar refractivity (Wildman–Crippen MR) is 75.9 cm³/mol. The highest BCUT2D eigenvalue weighted by Gasteiger charge is 2.07. The molecule has 8 heteroatoms. The van der Waals surface area contributed by atoms with Gasteiger partial charge < -0.3 is 5.32 Å². The largest absolute Gasteiger partial charge is 0.352 e. The van der Waals surface area contributed by atoms with E-state index in [2.05, 4.69) is 15.5 Å². The van der Waals surface area contributed by atoms with Crippen LogP contribution in [0.15, 0.2) is 47.6 Å². The summed E-state index contributed by atoms with van der Waals surface area (Å²) in [5.41, 5.74) is 1.34. The fourth-order valence-electron chi connectivity index (χ4n) is 1.69. The lowest BCUT2D eigenvalue weighted by molar-refractivity contribution is 0.0953. The van der Waals surface area contributed by atoms with E-state index in [1.165, 1.54) is 24.5 Å². The maximum Gasteiger partial charge on any atom is 0.252 e. The van der Waals surface area contributed by atoms with Crippen molar-refractivity contribution < 1.29 is 13.2 Å². The Morgan fingerprint density at radius 1 is 1.14 bits per heavy atom. The van der Waals surface area contributed by atoms with Crippen molar-refractivity contribution in [3.8, 4) is 0 Å². The lowest BCUT2D eigenvalue weighted by atomic mass is 10.1. The quantitative estimate of drug-likeness (QED) is 0.812. The van der Waals surface area contributed by atoms with Gasteiger partial charge >= 0.3 is 0 Å². The summed E-state index contributed by atoms with van der Waals surface area (Å²) >= 11 is 0. The molecule has 7 nitrogen and oxygen atoms in total. The number of hydrogen-bond acceptors (Lipinski definition) is 5. The molecular weight excluding hydrogens is 292 g/mol. The van der Waals surface area contributed by atoms with Crippen molar-refractivity contribution in [1.82, 2.24) is 15.5 Å². The van der Waals surface area contributed by atoms with Gasteiger partial charge in [0.25, 0.3) is 5.91 Å². The van der Waals surface area contributed by atoms with Crippen LogP contribution in [0.1, 0.15) is 15.9 Å². The van der Waals surface area contributed by atoms with E-state index >= 15 is 0 Å². The minimum atomic E-state index is -3.67. The van der Waals surface area contributed by atoms with E-state index in [4.69, 9.17) is 5.14 Å². The molecule has 0 saturated heterocycles. The van der Waals surface area contributed by atoms with Gasteiger partial charge in [-0.05, 0) is 30.2 Å². The van der Waals surface area contributed by atoms with Crippen LogP contribution in [0.4, 0.5) is 0 Å². The summed E-state index contributed by atoms with van der Waals surface area (Å²) in [6.07, 6.45) is 3.41. The molecule has 1 amide bonds. The van der Waals surface area contributed by atoms with Crippen molar-refractivity contribution >= 4 is 15.9 Å². The van der Waals surface area contributed by atoms with Crippen molar-refractivity contribution in [2.75, 3.05) is 6.54 Å². The monoisotopic (exact) mass is 306 g/mol. The summed E-state index contributed by atoms with van der Waals surface area (Å²) in [7, 11) is -3.67. The summed E-state index contributed by atoms with van der Waals surface area (Å²) in [6.45, 7) is 0.426. The molecule has 0 unspecified atom stereocenters. The van der Waals surface area contributed by atoms with Gasteiger partial charge in [0.1, 0.15) is 0 Å². The van der Waals surface area contributed by atoms with Crippen LogP contribution in [-0.4, -0.2) is 31.1 Å². The summed E-state index contributed by atoms with van der Waals surface area (Å²) in [6, 6.07) is 7.79. The molecule has 0 spiro atoms. The third kappa shape index (κ3) is 4.33. The first-order valence-electron chi connectivity index (χ1n) is 6.13. The highest BCUT2D eigenvalue weighted by Crippen LogP contribution is 2.09. The highest BCUT2D eigenvalue weighted by atomic mass is 32.2. The molecule has 21 heavy (non-hydrogen) atoms. The van der Waals surface area contributed by atoms with Gasteiger partial charge in [0, 0.05) is 6.54 Å². The Morgan fingerprint density at radius 3 is 2.43 bits per heavy atom. The first-order valence-corrected chi connectivity index (χ1v) is 7.68. The Kier molecular flexibility index (Phi) is 4.61. The van der Waals surface area contributed by atoms with Gasteiger partial charge in [0.15, 0.2) is 0 Å². The van der Waals surface area contributed by atoms with Gasteiger partial charge in [0.05, 0.1) is 22.9 Å². The van der Waals surface area contributed by atoms with Crippen LogP contribution in [0.5, 0.6) is 0 Å². The number of nitrogens with zero attached hydrogens (tertiary/aromatic N) is 2. The Hall–Kier alpha value is -2.32. The molecule has 2 aromatic rings. The molecule has 1 aromatic carbocycles. The van der Waals surface area contributed by atoms with Crippen LogP contribution in [0.2, 0.25) is 0 Å². The molecule has 0 radical (unpaired) electrons. The molecular formula is C13H14N4O3S. The van der Waals surface area contributed by atoms with E-state index in [0.29, 0.717) is 18.5 Å². The number of nitrogens with one attached hydrogen (secondary N) is 1. The van der Waals surface area contributed by atoms with Crippen molar-refractivity contribution in [2.45, 2.75) is 11.3 Å². The third-order valence-electron chi connectivity index (χ3n) is 2.80. The van der Waals surface area contributed by atoms with Crippen LogP contribution in [0.3, 0.4) is 0 Å². The van der Waals surface area contributed by atoms with E-state index in [0.717, 1.165) is 5.56 Å². The van der Waals surface area contributed by atoms with E-state index in [-0.39, 0.29) is 10.8 Å². The van der Waals surface area contributed by atoms with E-state index in [1.54, 1.807) is 18.2 Å². The van der Waals surface area contributed by atoms with Crippen molar-refractivity contribution in [1.29, 1.82) is 0 Å². The molecule has 1 aromatic heterocycles. The lowest BCUT2D eigenvalue weighted by Gasteiger charge is -2.05. The maximum absolute atomic E-state index is 11.7. The molecule has 0 aliphatic carbocycles. The zero-order valence-electron chi connectivity index (χ0n) is 11.1. The molecule has 0 fully saturated rings. The van der Waals surface area contributed by atoms with Crippen LogP contribution in [0, 0.1) is 0 Å². The summed E-state index contributed by atoms with van der Waals surface area (Å²) in [5.74, 6) is -0.231. The standard InChI is InChI=1S/C13H14N4O3S/c14-21(19,20)12-3-1-10(2-4-12)5-7-15-13(18)11-6-8-16-17-9-11/h1-4,6,8-9H,5,7H2,(H,15,18)(H2,14,19,20). The minimum absolute atomic E-state index is 0.0677. The fraction of sp³-hybridized carbons (Fsp3) is 0.154. The number of primary sulfonamides is 1. The van der Waals surface area contributed by atoms with Gasteiger partial charge in [-0.1, -0.05) is 12.1 Å². The Balaban J connectivity index is 1.88. The number of aromatic nitrogens is 2. The molecule has 0 aliphatic rings. The van der Waals surface area contributed by atoms with Crippen molar-refractivity contribution in [3.05, 3.63) is 53.9 Å². The Labute approximate surface area is 122 Å². The SMILES string of the molecule is NS(=O)(=O)c1ccc(CCNC(=O)c2ccnnc2)cc1. The van der Waals surface area contributed by atoms with Gasteiger partial charge in [-0.3, -0.25) is 4.79 Å². The number of nitrogens with two attached hydrogens (primary N) is 1. The molecule has 0 atom stereocenters. The lowest BCUT2D eigenvalue weighted by Crippen LogP contribution is -2.25. The molecule has 110 valence electrons. The number of hydrogen-bond donors (Lipinski definition) is 2. The first-order chi connectivity index (χ1) is 9.97. The molecule has 0 bridgehead atoms. The maximum atomic E-state index is 11.7. The van der Waals surface area contributed by atoms with E-state index < -0.39 is 10.0 Å². The van der Waals surface area contributed by atoms with Crippen LogP contribution >= 0.6 is 0 Å². The van der Waals surface area contributed by atoms with Gasteiger partial charge in [0.2, 0.25) is 10.0 Å². The number of rotatable bonds is 5. The van der Waals surface area contributed by atoms with Crippen LogP contribution in [-0.2, 0) is 16.4 Å². The molecule has 3 N–H and O–H groups in total. The van der Waals surface area contributed by atoms with Crippen LogP contribution in [0.25, 0.3) is 0 Å². The number of benzene rings is 1. The van der Waals surface area contributed by atoms with Gasteiger partial charge in [-0.25, -0.2) is 13.6 Å². The number of amides is 1. The summed E-state index contributed by atoms with van der Waals surface area (Å²) in [4.78, 5) is 11.8. The molecule has 1 heterocycles. The van der Waals surface area contributed by atoms with Crippen molar-refractivity contribution in [2.24, 2.45) is 5.14 Å². The second-order valence-corrected chi connectivity index (χ2v) is 5.89. The zero-order chi connectivity index (χ0) is 15.3. The molecule has 0 saturated carbocycles. The number of sulfonamides is 1. The fourth-order valence-corrected chi connectivity index (χ4v) is 2.21. The zero-order valence-corrected chi connectivity index (χ0v) is 11.9. The topological polar surface area (TPSA) is 115 Å². The first kappa shape index (κ1) is 15.1. The number of carbonyl (C=O) groups is 1. The molecule has 2 rings (SSSR count). The van der Waals surface area contributed by atoms with Crippen molar-refractivity contribution in [3.63, 3.8) is 0 Å². The van der Waals surface area contributed by atoms with E-state index in [1.807, 2.05) is 0 Å². The molecule has 0 aliphatic heterocycles. The third-order valence-corrected chi connectivity index (χ3v) is 3.73.